The van der Waals surface area contributed by atoms with Crippen LogP contribution in [0.2, 0.25) is 0 Å². The number of benzene rings is 2. The Morgan fingerprint density at radius 2 is 1.78 bits per heavy atom. The molecule has 1 aliphatic rings. The van der Waals surface area contributed by atoms with Gasteiger partial charge in [0.1, 0.15) is 12.4 Å². The van der Waals surface area contributed by atoms with Crippen LogP contribution in [0.4, 0.5) is 0 Å². The fraction of sp³-hybridized carbons (Fsp3) is 0.391. The molecule has 0 N–H and O–H groups in total. The van der Waals surface area contributed by atoms with Crippen molar-refractivity contribution in [3.63, 3.8) is 0 Å². The third-order valence-corrected chi connectivity index (χ3v) is 5.70. The van der Waals surface area contributed by atoms with Crippen LogP contribution in [-0.2, 0) is 0 Å². The van der Waals surface area contributed by atoms with E-state index >= 15 is 0 Å². The van der Waals surface area contributed by atoms with Crippen molar-refractivity contribution >= 4 is 15.9 Å². The van der Waals surface area contributed by atoms with Crippen LogP contribution in [0, 0.1) is 0 Å². The number of piperidine rings is 1. The van der Waals surface area contributed by atoms with Crippen LogP contribution in [-0.4, -0.2) is 56.2 Å². The van der Waals surface area contributed by atoms with Gasteiger partial charge in [-0.25, -0.2) is 0 Å². The topological polar surface area (TPSA) is 15.7 Å². The van der Waals surface area contributed by atoms with Crippen LogP contribution in [0.15, 0.2) is 65.2 Å². The molecule has 0 amide bonds. The Hall–Kier alpha value is -1.62. The Bertz CT molecular complexity index is 734. The van der Waals surface area contributed by atoms with E-state index in [2.05, 4.69) is 88.4 Å². The smallest absolute Gasteiger partial charge is 0.120 e. The minimum Gasteiger partial charge on any atom is -0.490 e. The SMILES string of the molecule is CN(C)C1CCN(C/C=C/COc2cccc(-c3ccc(Br)cc3)c2)CC1. The van der Waals surface area contributed by atoms with Crippen molar-refractivity contribution in [3.8, 4) is 16.9 Å². The summed E-state index contributed by atoms with van der Waals surface area (Å²) in [5.41, 5.74) is 2.37. The van der Waals surface area contributed by atoms with Crippen molar-refractivity contribution in [2.75, 3.05) is 40.3 Å². The predicted molar refractivity (Wildman–Crippen MR) is 117 cm³/mol. The minimum atomic E-state index is 0.609. The molecule has 2 aromatic rings. The van der Waals surface area contributed by atoms with Gasteiger partial charge in [0.2, 0.25) is 0 Å². The molecule has 1 aliphatic heterocycles. The average Bonchev–Trinajstić information content (AvgIpc) is 2.69. The highest BCUT2D eigenvalue weighted by Gasteiger charge is 2.19. The molecule has 4 heteroatoms. The number of halogens is 1. The molecule has 0 atom stereocenters. The van der Waals surface area contributed by atoms with Gasteiger partial charge in [0.25, 0.3) is 0 Å². The lowest BCUT2D eigenvalue weighted by molar-refractivity contribution is 0.155. The molecule has 0 spiro atoms. The van der Waals surface area contributed by atoms with Gasteiger partial charge in [-0.1, -0.05) is 52.3 Å². The molecular formula is C23H29BrN2O. The molecule has 144 valence electrons. The summed E-state index contributed by atoms with van der Waals surface area (Å²) < 4.78 is 7.00. The van der Waals surface area contributed by atoms with E-state index in [1.165, 1.54) is 37.1 Å². The van der Waals surface area contributed by atoms with E-state index in [0.717, 1.165) is 22.8 Å². The van der Waals surface area contributed by atoms with Gasteiger partial charge in [-0.15, -0.1) is 0 Å². The monoisotopic (exact) mass is 428 g/mol. The molecule has 3 rings (SSSR count). The molecule has 0 bridgehead atoms. The zero-order valence-corrected chi connectivity index (χ0v) is 17.9. The lowest BCUT2D eigenvalue weighted by Crippen LogP contribution is -2.41. The van der Waals surface area contributed by atoms with Crippen LogP contribution in [0.5, 0.6) is 5.75 Å². The van der Waals surface area contributed by atoms with E-state index in [0.29, 0.717) is 6.61 Å². The van der Waals surface area contributed by atoms with E-state index in [4.69, 9.17) is 4.74 Å². The molecule has 0 unspecified atom stereocenters. The van der Waals surface area contributed by atoms with Crippen LogP contribution >= 0.6 is 15.9 Å². The third kappa shape index (κ3) is 6.20. The second-order valence-corrected chi connectivity index (χ2v) is 8.23. The van der Waals surface area contributed by atoms with Gasteiger partial charge in [0, 0.05) is 17.1 Å². The highest BCUT2D eigenvalue weighted by atomic mass is 79.9. The molecule has 2 aromatic carbocycles. The highest BCUT2D eigenvalue weighted by molar-refractivity contribution is 9.10. The molecule has 0 aromatic heterocycles. The summed E-state index contributed by atoms with van der Waals surface area (Å²) in [5.74, 6) is 0.909. The van der Waals surface area contributed by atoms with E-state index in [-0.39, 0.29) is 0 Å². The van der Waals surface area contributed by atoms with Gasteiger partial charge in [0.05, 0.1) is 0 Å². The average molecular weight is 429 g/mol. The summed E-state index contributed by atoms with van der Waals surface area (Å²) in [4.78, 5) is 4.87. The van der Waals surface area contributed by atoms with E-state index in [9.17, 15) is 0 Å². The molecule has 0 aliphatic carbocycles. The Morgan fingerprint density at radius 1 is 1.04 bits per heavy atom. The summed E-state index contributed by atoms with van der Waals surface area (Å²) in [6, 6.07) is 17.4. The highest BCUT2D eigenvalue weighted by Crippen LogP contribution is 2.25. The maximum Gasteiger partial charge on any atom is 0.120 e. The van der Waals surface area contributed by atoms with E-state index in [1.54, 1.807) is 0 Å². The van der Waals surface area contributed by atoms with Crippen LogP contribution in [0.3, 0.4) is 0 Å². The summed E-state index contributed by atoms with van der Waals surface area (Å²) in [7, 11) is 4.37. The Morgan fingerprint density at radius 3 is 2.48 bits per heavy atom. The number of ether oxygens (including phenoxy) is 1. The molecule has 1 fully saturated rings. The first-order chi connectivity index (χ1) is 13.1. The van der Waals surface area contributed by atoms with Gasteiger partial charge in [0.15, 0.2) is 0 Å². The van der Waals surface area contributed by atoms with Gasteiger partial charge >= 0.3 is 0 Å². The molecule has 1 saturated heterocycles. The summed E-state index contributed by atoms with van der Waals surface area (Å²) >= 11 is 3.48. The first-order valence-corrected chi connectivity index (χ1v) is 10.4. The van der Waals surface area contributed by atoms with Gasteiger partial charge in [-0.3, -0.25) is 4.90 Å². The summed E-state index contributed by atoms with van der Waals surface area (Å²) in [5, 5.41) is 0. The Balaban J connectivity index is 1.43. The fourth-order valence-electron chi connectivity index (χ4n) is 3.46. The summed E-state index contributed by atoms with van der Waals surface area (Å²) in [6.45, 7) is 3.99. The molecule has 0 radical (unpaired) electrons. The molecule has 0 saturated carbocycles. The van der Waals surface area contributed by atoms with Crippen molar-refractivity contribution in [1.29, 1.82) is 0 Å². The van der Waals surface area contributed by atoms with Gasteiger partial charge in [-0.05, 0) is 75.4 Å². The minimum absolute atomic E-state index is 0.609. The lowest BCUT2D eigenvalue weighted by Gasteiger charge is -2.34. The largest absolute Gasteiger partial charge is 0.490 e. The number of rotatable bonds is 7. The number of hydrogen-bond donors (Lipinski definition) is 0. The molecule has 27 heavy (non-hydrogen) atoms. The maximum absolute atomic E-state index is 5.91. The number of nitrogens with zero attached hydrogens (tertiary/aromatic N) is 2. The van der Waals surface area contributed by atoms with Gasteiger partial charge < -0.3 is 9.64 Å². The van der Waals surface area contributed by atoms with Crippen molar-refractivity contribution in [2.45, 2.75) is 18.9 Å². The standard InChI is InChI=1S/C23H29BrN2O/c1-25(2)22-12-15-26(16-13-22)14-3-4-17-27-23-7-5-6-20(18-23)19-8-10-21(24)11-9-19/h3-11,18,22H,12-17H2,1-2H3/b4-3+. The van der Waals surface area contributed by atoms with Crippen molar-refractivity contribution in [2.24, 2.45) is 0 Å². The second-order valence-electron chi connectivity index (χ2n) is 7.31. The van der Waals surface area contributed by atoms with Crippen molar-refractivity contribution in [1.82, 2.24) is 9.80 Å². The first kappa shape index (κ1) is 20.1. The molecular weight excluding hydrogens is 400 g/mol. The Kier molecular flexibility index (Phi) is 7.50. The Labute approximate surface area is 171 Å². The van der Waals surface area contributed by atoms with Crippen LogP contribution in [0.1, 0.15) is 12.8 Å². The quantitative estimate of drug-likeness (QED) is 0.571. The maximum atomic E-state index is 5.91. The molecule has 1 heterocycles. The van der Waals surface area contributed by atoms with Crippen molar-refractivity contribution < 1.29 is 4.74 Å². The van der Waals surface area contributed by atoms with Gasteiger partial charge in [-0.2, -0.15) is 0 Å². The number of hydrogen-bond acceptors (Lipinski definition) is 3. The lowest BCUT2D eigenvalue weighted by atomic mass is 10.0. The van der Waals surface area contributed by atoms with Crippen molar-refractivity contribution in [3.05, 3.63) is 65.2 Å². The third-order valence-electron chi connectivity index (χ3n) is 5.18. The normalized spacial score (nSPS) is 16.3. The summed E-state index contributed by atoms with van der Waals surface area (Å²) in [6.07, 6.45) is 6.89. The van der Waals surface area contributed by atoms with E-state index in [1.807, 2.05) is 12.1 Å². The first-order valence-electron chi connectivity index (χ1n) is 9.64. The second kappa shape index (κ2) is 10.1. The van der Waals surface area contributed by atoms with Crippen LogP contribution in [0.25, 0.3) is 11.1 Å². The molecule has 3 nitrogen and oxygen atoms in total. The predicted octanol–water partition coefficient (Wildman–Crippen LogP) is 5.08. The van der Waals surface area contributed by atoms with E-state index < -0.39 is 0 Å². The fourth-order valence-corrected chi connectivity index (χ4v) is 3.73. The zero-order valence-electron chi connectivity index (χ0n) is 16.3. The number of likely N-dealkylation sites (tertiary alicyclic amines) is 1. The van der Waals surface area contributed by atoms with Crippen LogP contribution < -0.4 is 4.74 Å². The zero-order chi connectivity index (χ0) is 19.1.